The Labute approximate surface area is 105 Å². The quantitative estimate of drug-likeness (QED) is 0.854. The van der Waals surface area contributed by atoms with Crippen LogP contribution in [0.2, 0.25) is 0 Å². The molecule has 1 rings (SSSR count). The Kier molecular flexibility index (Phi) is 4.21. The van der Waals surface area contributed by atoms with Gasteiger partial charge >= 0.3 is 0 Å². The molecule has 0 bridgehead atoms. The Morgan fingerprint density at radius 3 is 2.47 bits per heavy atom. The van der Waals surface area contributed by atoms with E-state index >= 15 is 0 Å². The van der Waals surface area contributed by atoms with Gasteiger partial charge in [-0.05, 0) is 26.8 Å². The summed E-state index contributed by atoms with van der Waals surface area (Å²) in [6.45, 7) is 6.20. The molecule has 0 unspecified atom stereocenters. The highest BCUT2D eigenvalue weighted by atomic mass is 35.7. The number of aromatic amines is 1. The van der Waals surface area contributed by atoms with E-state index in [1.165, 1.54) is 12.3 Å². The normalized spacial score (nSPS) is 11.8. The van der Waals surface area contributed by atoms with Gasteiger partial charge in [0.1, 0.15) is 10.6 Å². The zero-order valence-corrected chi connectivity index (χ0v) is 11.5. The molecule has 0 saturated heterocycles. The van der Waals surface area contributed by atoms with E-state index < -0.39 is 9.05 Å². The molecule has 1 heterocycles. The second kappa shape index (κ2) is 5.10. The van der Waals surface area contributed by atoms with Crippen molar-refractivity contribution in [2.24, 2.45) is 0 Å². The summed E-state index contributed by atoms with van der Waals surface area (Å²) in [6.07, 6.45) is 1.21. The molecule has 0 aliphatic rings. The lowest BCUT2D eigenvalue weighted by molar-refractivity contribution is 0.0711. The fraction of sp³-hybridized carbons (Fsp3) is 0.500. The van der Waals surface area contributed by atoms with Crippen LogP contribution in [0.5, 0.6) is 0 Å². The monoisotopic (exact) mass is 278 g/mol. The second-order valence-corrected chi connectivity index (χ2v) is 6.44. The average molecular weight is 279 g/mol. The number of halogens is 1. The third kappa shape index (κ3) is 3.23. The third-order valence-corrected chi connectivity index (χ3v) is 3.73. The predicted molar refractivity (Wildman–Crippen MR) is 65.7 cm³/mol. The summed E-state index contributed by atoms with van der Waals surface area (Å²) in [6, 6.07) is 1.29. The SMILES string of the molecule is CCN(C(=O)c1cc(S(=O)(=O)Cl)c[nH]1)C(C)C. The highest BCUT2D eigenvalue weighted by Gasteiger charge is 2.21. The Morgan fingerprint density at radius 1 is 1.53 bits per heavy atom. The van der Waals surface area contributed by atoms with Crippen LogP contribution < -0.4 is 0 Å². The molecule has 7 heteroatoms. The lowest BCUT2D eigenvalue weighted by Gasteiger charge is -2.24. The van der Waals surface area contributed by atoms with E-state index in [2.05, 4.69) is 4.98 Å². The van der Waals surface area contributed by atoms with Crippen LogP contribution in [0, 0.1) is 0 Å². The van der Waals surface area contributed by atoms with Crippen molar-refractivity contribution >= 4 is 25.6 Å². The van der Waals surface area contributed by atoms with Gasteiger partial charge in [-0.15, -0.1) is 0 Å². The largest absolute Gasteiger partial charge is 0.356 e. The van der Waals surface area contributed by atoms with Gasteiger partial charge < -0.3 is 9.88 Å². The lowest BCUT2D eigenvalue weighted by atomic mass is 10.3. The lowest BCUT2D eigenvalue weighted by Crippen LogP contribution is -2.36. The summed E-state index contributed by atoms with van der Waals surface area (Å²) in [7, 11) is 1.38. The van der Waals surface area contributed by atoms with Gasteiger partial charge in [0.15, 0.2) is 0 Å². The molecular weight excluding hydrogens is 264 g/mol. The molecule has 0 spiro atoms. The number of carbonyl (C=O) groups excluding carboxylic acids is 1. The van der Waals surface area contributed by atoms with E-state index in [1.807, 2.05) is 20.8 Å². The van der Waals surface area contributed by atoms with Crippen molar-refractivity contribution in [2.75, 3.05) is 6.54 Å². The maximum atomic E-state index is 12.0. The number of nitrogens with one attached hydrogen (secondary N) is 1. The summed E-state index contributed by atoms with van der Waals surface area (Å²) in [5, 5.41) is 0. The number of H-pyrrole nitrogens is 1. The number of hydrogen-bond donors (Lipinski definition) is 1. The van der Waals surface area contributed by atoms with Crippen LogP contribution in [0.15, 0.2) is 17.2 Å². The van der Waals surface area contributed by atoms with E-state index in [4.69, 9.17) is 10.7 Å². The highest BCUT2D eigenvalue weighted by molar-refractivity contribution is 8.13. The van der Waals surface area contributed by atoms with Crippen molar-refractivity contribution in [1.82, 2.24) is 9.88 Å². The van der Waals surface area contributed by atoms with Crippen LogP contribution in [0.1, 0.15) is 31.3 Å². The Hall–Kier alpha value is -1.01. The molecule has 1 amide bonds. The van der Waals surface area contributed by atoms with Gasteiger partial charge in [-0.3, -0.25) is 4.79 Å². The minimum absolute atomic E-state index is 0.0480. The van der Waals surface area contributed by atoms with E-state index in [-0.39, 0.29) is 22.5 Å². The Morgan fingerprint density at radius 2 is 2.12 bits per heavy atom. The summed E-state index contributed by atoms with van der Waals surface area (Å²) >= 11 is 0. The fourth-order valence-corrected chi connectivity index (χ4v) is 2.26. The number of hydrogen-bond acceptors (Lipinski definition) is 3. The molecule has 0 aliphatic heterocycles. The Balaban J connectivity index is 3.02. The number of aromatic nitrogens is 1. The van der Waals surface area contributed by atoms with Crippen LogP contribution >= 0.6 is 10.7 Å². The first-order valence-corrected chi connectivity index (χ1v) is 7.52. The zero-order valence-electron chi connectivity index (χ0n) is 9.90. The van der Waals surface area contributed by atoms with Crippen molar-refractivity contribution < 1.29 is 13.2 Å². The molecule has 96 valence electrons. The first-order valence-electron chi connectivity index (χ1n) is 5.21. The molecule has 0 saturated carbocycles. The molecular formula is C10H15ClN2O3S. The minimum Gasteiger partial charge on any atom is -0.356 e. The maximum absolute atomic E-state index is 12.0. The van der Waals surface area contributed by atoms with Crippen LogP contribution in [0.4, 0.5) is 0 Å². The Bertz CT molecular complexity index is 507. The molecule has 5 nitrogen and oxygen atoms in total. The molecule has 1 N–H and O–H groups in total. The van der Waals surface area contributed by atoms with Gasteiger partial charge in [0, 0.05) is 29.5 Å². The van der Waals surface area contributed by atoms with Gasteiger partial charge in [0.05, 0.1) is 0 Å². The molecule has 1 aromatic heterocycles. The van der Waals surface area contributed by atoms with Gasteiger partial charge in [0.25, 0.3) is 15.0 Å². The second-order valence-electron chi connectivity index (χ2n) is 3.87. The van der Waals surface area contributed by atoms with Crippen molar-refractivity contribution in [3.63, 3.8) is 0 Å². The maximum Gasteiger partial charge on any atom is 0.270 e. The van der Waals surface area contributed by atoms with Crippen molar-refractivity contribution in [1.29, 1.82) is 0 Å². The number of amides is 1. The smallest absolute Gasteiger partial charge is 0.270 e. The van der Waals surface area contributed by atoms with Crippen LogP contribution in [0.3, 0.4) is 0 Å². The summed E-state index contributed by atoms with van der Waals surface area (Å²) in [4.78, 5) is 16.2. The summed E-state index contributed by atoms with van der Waals surface area (Å²) in [5.41, 5.74) is 0.222. The summed E-state index contributed by atoms with van der Waals surface area (Å²) < 4.78 is 22.1. The molecule has 0 aromatic carbocycles. The van der Waals surface area contributed by atoms with Crippen molar-refractivity contribution in [3.05, 3.63) is 18.0 Å². The standard InChI is InChI=1S/C10H15ClN2O3S/c1-4-13(7(2)3)10(14)9-5-8(6-12-9)17(11,15)16/h5-7,12H,4H2,1-3H3. The van der Waals surface area contributed by atoms with Crippen LogP contribution in [-0.2, 0) is 9.05 Å². The van der Waals surface area contributed by atoms with E-state index in [9.17, 15) is 13.2 Å². The number of carbonyl (C=O) groups is 1. The van der Waals surface area contributed by atoms with E-state index in [0.29, 0.717) is 6.54 Å². The molecule has 0 fully saturated rings. The number of rotatable bonds is 4. The first kappa shape index (κ1) is 14.1. The predicted octanol–water partition coefficient (Wildman–Crippen LogP) is 1.81. The molecule has 0 atom stereocenters. The van der Waals surface area contributed by atoms with Gasteiger partial charge in [-0.2, -0.15) is 0 Å². The van der Waals surface area contributed by atoms with Crippen molar-refractivity contribution in [2.45, 2.75) is 31.7 Å². The van der Waals surface area contributed by atoms with Crippen LogP contribution in [0.25, 0.3) is 0 Å². The van der Waals surface area contributed by atoms with Gasteiger partial charge in [-0.25, -0.2) is 8.42 Å². The zero-order chi connectivity index (χ0) is 13.2. The third-order valence-electron chi connectivity index (χ3n) is 2.39. The average Bonchev–Trinajstić information content (AvgIpc) is 2.65. The highest BCUT2D eigenvalue weighted by Crippen LogP contribution is 2.17. The number of nitrogens with zero attached hydrogens (tertiary/aromatic N) is 1. The van der Waals surface area contributed by atoms with Gasteiger partial charge in [0.2, 0.25) is 0 Å². The fourth-order valence-electron chi connectivity index (χ4n) is 1.54. The van der Waals surface area contributed by atoms with E-state index in [0.717, 1.165) is 0 Å². The van der Waals surface area contributed by atoms with Crippen molar-refractivity contribution in [3.8, 4) is 0 Å². The topological polar surface area (TPSA) is 70.2 Å². The molecule has 1 aromatic rings. The first-order chi connectivity index (χ1) is 7.77. The van der Waals surface area contributed by atoms with E-state index in [1.54, 1.807) is 4.90 Å². The summed E-state index contributed by atoms with van der Waals surface area (Å²) in [5.74, 6) is -0.242. The molecule has 0 radical (unpaired) electrons. The minimum atomic E-state index is -3.80. The van der Waals surface area contributed by atoms with Gasteiger partial charge in [-0.1, -0.05) is 0 Å². The molecule has 0 aliphatic carbocycles. The molecule has 17 heavy (non-hydrogen) atoms. The van der Waals surface area contributed by atoms with Crippen LogP contribution in [-0.4, -0.2) is 36.8 Å².